The van der Waals surface area contributed by atoms with Crippen molar-refractivity contribution < 1.29 is 0 Å². The molecule has 17 heavy (non-hydrogen) atoms. The molecule has 2 rings (SSSR count). The summed E-state index contributed by atoms with van der Waals surface area (Å²) in [5.74, 6) is 0.690. The Labute approximate surface area is 107 Å². The van der Waals surface area contributed by atoms with E-state index in [2.05, 4.69) is 42.0 Å². The van der Waals surface area contributed by atoms with Gasteiger partial charge in [-0.05, 0) is 37.5 Å². The first-order valence-corrected chi connectivity index (χ1v) is 6.07. The molecule has 1 heterocycles. The second kappa shape index (κ2) is 5.28. The number of hydrogen-bond acceptors (Lipinski definition) is 2. The lowest BCUT2D eigenvalue weighted by Gasteiger charge is -2.11. The van der Waals surface area contributed by atoms with E-state index >= 15 is 0 Å². The standard InChI is InChI=1S/C14H15ClN2/c1-10-4-5-11(2)12(8-10)9-13(15)14-16-6-3-7-17-14/h3-8,13H,9H2,1-2H3. The second-order valence-electron chi connectivity index (χ2n) is 4.21. The van der Waals surface area contributed by atoms with Crippen LogP contribution in [0.2, 0.25) is 0 Å². The van der Waals surface area contributed by atoms with Crippen LogP contribution in [0.3, 0.4) is 0 Å². The van der Waals surface area contributed by atoms with Crippen molar-refractivity contribution in [1.82, 2.24) is 9.97 Å². The lowest BCUT2D eigenvalue weighted by molar-refractivity contribution is 0.821. The van der Waals surface area contributed by atoms with Gasteiger partial charge in [0, 0.05) is 12.4 Å². The third-order valence-electron chi connectivity index (χ3n) is 2.77. The number of alkyl halides is 1. The summed E-state index contributed by atoms with van der Waals surface area (Å²) in [5.41, 5.74) is 3.78. The maximum Gasteiger partial charge on any atom is 0.146 e. The Kier molecular flexibility index (Phi) is 3.75. The van der Waals surface area contributed by atoms with E-state index in [1.165, 1.54) is 16.7 Å². The molecule has 1 unspecified atom stereocenters. The number of rotatable bonds is 3. The van der Waals surface area contributed by atoms with Crippen molar-refractivity contribution in [2.24, 2.45) is 0 Å². The van der Waals surface area contributed by atoms with Gasteiger partial charge in [-0.25, -0.2) is 9.97 Å². The summed E-state index contributed by atoms with van der Waals surface area (Å²) in [6, 6.07) is 8.21. The minimum absolute atomic E-state index is 0.170. The summed E-state index contributed by atoms with van der Waals surface area (Å²) < 4.78 is 0. The van der Waals surface area contributed by atoms with Gasteiger partial charge >= 0.3 is 0 Å². The summed E-state index contributed by atoms with van der Waals surface area (Å²) in [5, 5.41) is -0.170. The van der Waals surface area contributed by atoms with Gasteiger partial charge in [-0.1, -0.05) is 23.8 Å². The molecule has 0 saturated carbocycles. The quantitative estimate of drug-likeness (QED) is 0.773. The van der Waals surface area contributed by atoms with Gasteiger partial charge in [-0.15, -0.1) is 11.6 Å². The Morgan fingerprint density at radius 1 is 1.18 bits per heavy atom. The molecular formula is C14H15ClN2. The van der Waals surface area contributed by atoms with Crippen LogP contribution < -0.4 is 0 Å². The van der Waals surface area contributed by atoms with Crippen molar-refractivity contribution in [1.29, 1.82) is 0 Å². The van der Waals surface area contributed by atoms with Crippen LogP contribution in [0.1, 0.15) is 27.9 Å². The van der Waals surface area contributed by atoms with Crippen LogP contribution in [-0.4, -0.2) is 9.97 Å². The van der Waals surface area contributed by atoms with Crippen LogP contribution >= 0.6 is 11.6 Å². The van der Waals surface area contributed by atoms with E-state index in [1.807, 2.05) is 0 Å². The molecule has 0 bridgehead atoms. The molecule has 0 amide bonds. The van der Waals surface area contributed by atoms with Gasteiger partial charge in [-0.2, -0.15) is 0 Å². The zero-order valence-electron chi connectivity index (χ0n) is 10.0. The van der Waals surface area contributed by atoms with Gasteiger partial charge in [0.2, 0.25) is 0 Å². The normalized spacial score (nSPS) is 12.4. The fourth-order valence-electron chi connectivity index (χ4n) is 1.78. The van der Waals surface area contributed by atoms with Gasteiger partial charge in [-0.3, -0.25) is 0 Å². The third kappa shape index (κ3) is 3.04. The average Bonchev–Trinajstić information content (AvgIpc) is 2.35. The van der Waals surface area contributed by atoms with E-state index < -0.39 is 0 Å². The zero-order chi connectivity index (χ0) is 12.3. The molecule has 0 fully saturated rings. The van der Waals surface area contributed by atoms with Crippen molar-refractivity contribution >= 4 is 11.6 Å². The van der Waals surface area contributed by atoms with Crippen LogP contribution in [0.15, 0.2) is 36.7 Å². The highest BCUT2D eigenvalue weighted by Gasteiger charge is 2.12. The predicted octanol–water partition coefficient (Wildman–Crippen LogP) is 3.62. The van der Waals surface area contributed by atoms with Crippen LogP contribution in [0.5, 0.6) is 0 Å². The summed E-state index contributed by atoms with van der Waals surface area (Å²) in [7, 11) is 0. The molecule has 2 nitrogen and oxygen atoms in total. The highest BCUT2D eigenvalue weighted by atomic mass is 35.5. The molecule has 88 valence electrons. The summed E-state index contributed by atoms with van der Waals surface area (Å²) >= 11 is 6.34. The molecule has 3 heteroatoms. The highest BCUT2D eigenvalue weighted by molar-refractivity contribution is 6.20. The van der Waals surface area contributed by atoms with Crippen molar-refractivity contribution in [3.05, 3.63) is 59.2 Å². The molecule has 0 spiro atoms. The van der Waals surface area contributed by atoms with Gasteiger partial charge < -0.3 is 0 Å². The Hall–Kier alpha value is -1.41. The van der Waals surface area contributed by atoms with Crippen molar-refractivity contribution in [2.75, 3.05) is 0 Å². The van der Waals surface area contributed by atoms with E-state index in [9.17, 15) is 0 Å². The predicted molar refractivity (Wildman–Crippen MR) is 70.2 cm³/mol. The first-order valence-electron chi connectivity index (χ1n) is 5.64. The first kappa shape index (κ1) is 12.1. The second-order valence-corrected chi connectivity index (χ2v) is 4.74. The molecule has 0 aliphatic carbocycles. The lowest BCUT2D eigenvalue weighted by Crippen LogP contribution is -2.02. The SMILES string of the molecule is Cc1ccc(C)c(CC(Cl)c2ncccn2)c1. The van der Waals surface area contributed by atoms with E-state index in [1.54, 1.807) is 18.5 Å². The molecule has 0 saturated heterocycles. The third-order valence-corrected chi connectivity index (χ3v) is 3.12. The minimum atomic E-state index is -0.170. The maximum absolute atomic E-state index is 6.34. The Morgan fingerprint density at radius 2 is 1.88 bits per heavy atom. The fourth-order valence-corrected chi connectivity index (χ4v) is 2.06. The van der Waals surface area contributed by atoms with Crippen molar-refractivity contribution in [2.45, 2.75) is 25.6 Å². The van der Waals surface area contributed by atoms with Crippen LogP contribution in [0.4, 0.5) is 0 Å². The molecule has 0 radical (unpaired) electrons. The van der Waals surface area contributed by atoms with Crippen LogP contribution in [0.25, 0.3) is 0 Å². The molecule has 0 aliphatic heterocycles. The lowest BCUT2D eigenvalue weighted by atomic mass is 10.0. The van der Waals surface area contributed by atoms with Crippen LogP contribution in [0, 0.1) is 13.8 Å². The number of aryl methyl sites for hydroxylation is 2. The average molecular weight is 247 g/mol. The zero-order valence-corrected chi connectivity index (χ0v) is 10.8. The number of halogens is 1. The van der Waals surface area contributed by atoms with E-state index in [4.69, 9.17) is 11.6 Å². The van der Waals surface area contributed by atoms with E-state index in [0.717, 1.165) is 6.42 Å². The van der Waals surface area contributed by atoms with Gasteiger partial charge in [0.15, 0.2) is 0 Å². The van der Waals surface area contributed by atoms with Gasteiger partial charge in [0.05, 0.1) is 5.38 Å². The Balaban J connectivity index is 2.18. The van der Waals surface area contributed by atoms with Crippen LogP contribution in [-0.2, 0) is 6.42 Å². The molecule has 0 aliphatic rings. The van der Waals surface area contributed by atoms with Crippen molar-refractivity contribution in [3.8, 4) is 0 Å². The smallest absolute Gasteiger partial charge is 0.146 e. The van der Waals surface area contributed by atoms with Gasteiger partial charge in [0.1, 0.15) is 5.82 Å². The molecule has 0 N–H and O–H groups in total. The first-order chi connectivity index (χ1) is 8.16. The Morgan fingerprint density at radius 3 is 2.59 bits per heavy atom. The highest BCUT2D eigenvalue weighted by Crippen LogP contribution is 2.23. The topological polar surface area (TPSA) is 25.8 Å². The summed E-state index contributed by atoms with van der Waals surface area (Å²) in [6.45, 7) is 4.19. The molecular weight excluding hydrogens is 232 g/mol. The maximum atomic E-state index is 6.34. The van der Waals surface area contributed by atoms with Gasteiger partial charge in [0.25, 0.3) is 0 Å². The molecule has 1 atom stereocenters. The number of nitrogens with zero attached hydrogens (tertiary/aromatic N) is 2. The summed E-state index contributed by atoms with van der Waals surface area (Å²) in [6.07, 6.45) is 4.21. The number of aromatic nitrogens is 2. The number of hydrogen-bond donors (Lipinski definition) is 0. The molecule has 1 aromatic heterocycles. The molecule has 2 aromatic rings. The number of benzene rings is 1. The minimum Gasteiger partial charge on any atom is -0.240 e. The van der Waals surface area contributed by atoms with Crippen molar-refractivity contribution in [3.63, 3.8) is 0 Å². The fraction of sp³-hybridized carbons (Fsp3) is 0.286. The summed E-state index contributed by atoms with van der Waals surface area (Å²) in [4.78, 5) is 8.37. The van der Waals surface area contributed by atoms with E-state index in [-0.39, 0.29) is 5.38 Å². The Bertz CT molecular complexity index is 497. The van der Waals surface area contributed by atoms with E-state index in [0.29, 0.717) is 5.82 Å². The largest absolute Gasteiger partial charge is 0.240 e. The monoisotopic (exact) mass is 246 g/mol. The molecule has 1 aromatic carbocycles.